The van der Waals surface area contributed by atoms with E-state index in [9.17, 15) is 4.79 Å². The lowest BCUT2D eigenvalue weighted by Gasteiger charge is -2.06. The molecule has 0 fully saturated rings. The number of hydrogen-bond acceptors (Lipinski definition) is 4. The average Bonchev–Trinajstić information content (AvgIpc) is 2.80. The van der Waals surface area contributed by atoms with Gasteiger partial charge in [-0.15, -0.1) is 0 Å². The Bertz CT molecular complexity index is 597. The Kier molecular flexibility index (Phi) is 3.41. The lowest BCUT2D eigenvalue weighted by molar-refractivity contribution is 0.0690. The monoisotopic (exact) mass is 262 g/mol. The van der Waals surface area contributed by atoms with E-state index in [1.165, 1.54) is 0 Å². The van der Waals surface area contributed by atoms with Crippen molar-refractivity contribution in [1.29, 1.82) is 0 Å². The molecule has 2 N–H and O–H groups in total. The number of methoxy groups -OCH3 is 2. The highest BCUT2D eigenvalue weighted by atomic mass is 16.5. The maximum absolute atomic E-state index is 11.0. The molecule has 19 heavy (non-hydrogen) atoms. The number of benzene rings is 1. The quantitative estimate of drug-likeness (QED) is 0.881. The van der Waals surface area contributed by atoms with Crippen LogP contribution in [0.3, 0.4) is 0 Å². The zero-order chi connectivity index (χ0) is 14.0. The topological polar surface area (TPSA) is 84.4 Å². The molecule has 0 atom stereocenters. The average molecular weight is 262 g/mol. The molecule has 1 aromatic carbocycles. The van der Waals surface area contributed by atoms with E-state index in [4.69, 9.17) is 14.6 Å². The number of aryl methyl sites for hydroxylation is 1. The van der Waals surface area contributed by atoms with Gasteiger partial charge in [0.05, 0.1) is 14.2 Å². The highest BCUT2D eigenvalue weighted by molar-refractivity contribution is 5.87. The van der Waals surface area contributed by atoms with Crippen molar-refractivity contribution in [1.82, 2.24) is 9.97 Å². The highest BCUT2D eigenvalue weighted by Crippen LogP contribution is 2.28. The zero-order valence-electron chi connectivity index (χ0n) is 10.9. The van der Waals surface area contributed by atoms with Gasteiger partial charge in [0.25, 0.3) is 0 Å². The van der Waals surface area contributed by atoms with Crippen molar-refractivity contribution in [2.75, 3.05) is 14.2 Å². The third kappa shape index (κ3) is 2.52. The summed E-state index contributed by atoms with van der Waals surface area (Å²) in [6.45, 7) is 1.66. The van der Waals surface area contributed by atoms with E-state index in [-0.39, 0.29) is 5.69 Å². The molecule has 2 rings (SSSR count). The number of nitrogens with one attached hydrogen (secondary N) is 1. The maximum atomic E-state index is 11.0. The second-order valence-corrected chi connectivity index (χ2v) is 3.97. The van der Waals surface area contributed by atoms with Gasteiger partial charge in [-0.2, -0.15) is 0 Å². The normalized spacial score (nSPS) is 10.3. The highest BCUT2D eigenvalue weighted by Gasteiger charge is 2.15. The Morgan fingerprint density at radius 1 is 1.21 bits per heavy atom. The summed E-state index contributed by atoms with van der Waals surface area (Å²) in [5.41, 5.74) is 1.22. The van der Waals surface area contributed by atoms with Crippen LogP contribution in [0, 0.1) is 6.92 Å². The Morgan fingerprint density at radius 3 is 2.21 bits per heavy atom. The SMILES string of the molecule is COc1cc(OC)cc(-c2nc(C(=O)O)c(C)[nH]2)c1. The summed E-state index contributed by atoms with van der Waals surface area (Å²) in [6.07, 6.45) is 0. The van der Waals surface area contributed by atoms with Gasteiger partial charge in [-0.1, -0.05) is 0 Å². The standard InChI is InChI=1S/C13H14N2O4/c1-7-11(13(16)17)15-12(14-7)8-4-9(18-2)6-10(5-8)19-3/h4-6H,1-3H3,(H,14,15)(H,16,17). The van der Waals surface area contributed by atoms with Gasteiger partial charge in [0.2, 0.25) is 0 Å². The first-order chi connectivity index (χ1) is 9.05. The summed E-state index contributed by atoms with van der Waals surface area (Å²) in [5, 5.41) is 9.00. The first-order valence-corrected chi connectivity index (χ1v) is 5.58. The molecule has 0 bridgehead atoms. The van der Waals surface area contributed by atoms with E-state index in [0.29, 0.717) is 28.6 Å². The van der Waals surface area contributed by atoms with Gasteiger partial charge >= 0.3 is 5.97 Å². The molecule has 0 aliphatic rings. The van der Waals surface area contributed by atoms with Crippen LogP contribution in [-0.2, 0) is 0 Å². The van der Waals surface area contributed by atoms with E-state index in [1.807, 2.05) is 0 Å². The molecule has 0 saturated heterocycles. The zero-order valence-corrected chi connectivity index (χ0v) is 10.9. The van der Waals surface area contributed by atoms with Crippen molar-refractivity contribution in [2.24, 2.45) is 0 Å². The van der Waals surface area contributed by atoms with Gasteiger partial charge in [-0.05, 0) is 19.1 Å². The summed E-state index contributed by atoms with van der Waals surface area (Å²) < 4.78 is 10.3. The van der Waals surface area contributed by atoms with Gasteiger partial charge < -0.3 is 19.6 Å². The summed E-state index contributed by atoms with van der Waals surface area (Å²) in [4.78, 5) is 18.0. The lowest BCUT2D eigenvalue weighted by Crippen LogP contribution is -1.98. The number of nitrogens with zero attached hydrogens (tertiary/aromatic N) is 1. The van der Waals surface area contributed by atoms with Crippen LogP contribution in [0.1, 0.15) is 16.2 Å². The predicted molar refractivity (Wildman–Crippen MR) is 68.8 cm³/mol. The molecule has 0 saturated carbocycles. The number of aromatic carboxylic acids is 1. The maximum Gasteiger partial charge on any atom is 0.356 e. The van der Waals surface area contributed by atoms with Crippen LogP contribution in [-0.4, -0.2) is 35.3 Å². The third-order valence-electron chi connectivity index (χ3n) is 2.71. The van der Waals surface area contributed by atoms with E-state index in [0.717, 1.165) is 0 Å². The second kappa shape index (κ2) is 5.01. The van der Waals surface area contributed by atoms with Crippen molar-refractivity contribution < 1.29 is 19.4 Å². The Hall–Kier alpha value is -2.50. The van der Waals surface area contributed by atoms with Crippen LogP contribution in [0.25, 0.3) is 11.4 Å². The van der Waals surface area contributed by atoms with Crippen molar-refractivity contribution in [3.05, 3.63) is 29.6 Å². The van der Waals surface area contributed by atoms with Crippen molar-refractivity contribution in [2.45, 2.75) is 6.92 Å². The molecule has 6 heteroatoms. The number of ether oxygens (including phenoxy) is 2. The largest absolute Gasteiger partial charge is 0.497 e. The second-order valence-electron chi connectivity index (χ2n) is 3.97. The van der Waals surface area contributed by atoms with E-state index >= 15 is 0 Å². The minimum atomic E-state index is -1.06. The third-order valence-corrected chi connectivity index (χ3v) is 2.71. The molecule has 6 nitrogen and oxygen atoms in total. The first kappa shape index (κ1) is 12.9. The van der Waals surface area contributed by atoms with Crippen molar-refractivity contribution in [3.8, 4) is 22.9 Å². The minimum absolute atomic E-state index is 0.0109. The molecule has 1 heterocycles. The number of H-pyrrole nitrogens is 1. The Labute approximate surface area is 110 Å². The molecule has 0 spiro atoms. The molecule has 0 unspecified atom stereocenters. The summed E-state index contributed by atoms with van der Waals surface area (Å²) in [6, 6.07) is 5.25. The molecular weight excluding hydrogens is 248 g/mol. The minimum Gasteiger partial charge on any atom is -0.497 e. The fraction of sp³-hybridized carbons (Fsp3) is 0.231. The van der Waals surface area contributed by atoms with E-state index < -0.39 is 5.97 Å². The van der Waals surface area contributed by atoms with Gasteiger partial charge in [-0.25, -0.2) is 9.78 Å². The molecule has 0 aliphatic heterocycles. The van der Waals surface area contributed by atoms with Gasteiger partial charge in [0.15, 0.2) is 5.69 Å². The fourth-order valence-corrected chi connectivity index (χ4v) is 1.75. The van der Waals surface area contributed by atoms with Crippen LogP contribution >= 0.6 is 0 Å². The van der Waals surface area contributed by atoms with Crippen LogP contribution in [0.5, 0.6) is 11.5 Å². The van der Waals surface area contributed by atoms with Gasteiger partial charge in [0, 0.05) is 17.3 Å². The van der Waals surface area contributed by atoms with Crippen LogP contribution in [0.15, 0.2) is 18.2 Å². The van der Waals surface area contributed by atoms with Crippen molar-refractivity contribution in [3.63, 3.8) is 0 Å². The summed E-state index contributed by atoms with van der Waals surface area (Å²) >= 11 is 0. The molecular formula is C13H14N2O4. The Balaban J connectivity index is 2.51. The summed E-state index contributed by atoms with van der Waals surface area (Å²) in [7, 11) is 3.10. The van der Waals surface area contributed by atoms with Gasteiger partial charge in [-0.3, -0.25) is 0 Å². The van der Waals surface area contributed by atoms with E-state index in [1.54, 1.807) is 39.3 Å². The number of carboxylic acids is 1. The number of carbonyl (C=O) groups is 1. The van der Waals surface area contributed by atoms with Gasteiger partial charge in [0.1, 0.15) is 17.3 Å². The summed E-state index contributed by atoms with van der Waals surface area (Å²) in [5.74, 6) is 0.627. The predicted octanol–water partition coefficient (Wildman–Crippen LogP) is 2.10. The fourth-order valence-electron chi connectivity index (χ4n) is 1.75. The number of hydrogen-bond donors (Lipinski definition) is 2. The number of rotatable bonds is 4. The molecule has 100 valence electrons. The van der Waals surface area contributed by atoms with E-state index in [2.05, 4.69) is 9.97 Å². The number of aromatic amines is 1. The Morgan fingerprint density at radius 2 is 1.79 bits per heavy atom. The molecule has 0 aliphatic carbocycles. The number of carboxylic acid groups (broad SMARTS) is 1. The van der Waals surface area contributed by atoms with Crippen molar-refractivity contribution >= 4 is 5.97 Å². The molecule has 0 radical (unpaired) electrons. The molecule has 0 amide bonds. The first-order valence-electron chi connectivity index (χ1n) is 5.58. The smallest absolute Gasteiger partial charge is 0.356 e. The number of aromatic nitrogens is 2. The molecule has 2 aromatic rings. The lowest BCUT2D eigenvalue weighted by atomic mass is 10.2. The van der Waals surface area contributed by atoms with Crippen LogP contribution in [0.2, 0.25) is 0 Å². The van der Waals surface area contributed by atoms with Crippen LogP contribution < -0.4 is 9.47 Å². The molecule has 1 aromatic heterocycles. The van der Waals surface area contributed by atoms with Crippen LogP contribution in [0.4, 0.5) is 0 Å². The number of imidazole rings is 1.